The number of benzene rings is 1. The molecule has 0 atom stereocenters. The summed E-state index contributed by atoms with van der Waals surface area (Å²) in [5.41, 5.74) is 9.10. The van der Waals surface area contributed by atoms with Crippen LogP contribution in [0.15, 0.2) is 12.1 Å². The van der Waals surface area contributed by atoms with Crippen molar-refractivity contribution in [2.45, 2.75) is 38.6 Å². The van der Waals surface area contributed by atoms with E-state index in [2.05, 4.69) is 11.0 Å². The maximum absolute atomic E-state index is 11.9. The summed E-state index contributed by atoms with van der Waals surface area (Å²) in [4.78, 5) is 14.3. The van der Waals surface area contributed by atoms with Crippen LogP contribution in [0.1, 0.15) is 41.6 Å². The van der Waals surface area contributed by atoms with Crippen LogP contribution in [0.4, 0.5) is 11.4 Å². The van der Waals surface area contributed by atoms with Gasteiger partial charge in [-0.2, -0.15) is 0 Å². The molecule has 4 heteroatoms. The SMILES string of the molecule is COC(=O)c1cc(N(CC2CC2)C2CC2)cc(C)c1N. The molecule has 108 valence electrons. The molecule has 0 saturated heterocycles. The Bertz CT molecular complexity index is 534. The number of ether oxygens (including phenoxy) is 1. The molecule has 3 rings (SSSR count). The Morgan fingerprint density at radius 1 is 1.35 bits per heavy atom. The van der Waals surface area contributed by atoms with Crippen molar-refractivity contribution in [3.63, 3.8) is 0 Å². The summed E-state index contributed by atoms with van der Waals surface area (Å²) < 4.78 is 4.84. The van der Waals surface area contributed by atoms with Crippen molar-refractivity contribution >= 4 is 17.3 Å². The Morgan fingerprint density at radius 2 is 2.05 bits per heavy atom. The van der Waals surface area contributed by atoms with E-state index in [0.29, 0.717) is 17.3 Å². The molecular formula is C16H22N2O2. The third-order valence-corrected chi connectivity index (χ3v) is 4.25. The summed E-state index contributed by atoms with van der Waals surface area (Å²) >= 11 is 0. The van der Waals surface area contributed by atoms with Gasteiger partial charge in [-0.05, 0) is 56.2 Å². The van der Waals surface area contributed by atoms with Crippen molar-refractivity contribution in [2.75, 3.05) is 24.3 Å². The van der Waals surface area contributed by atoms with Gasteiger partial charge in [-0.15, -0.1) is 0 Å². The largest absolute Gasteiger partial charge is 0.465 e. The van der Waals surface area contributed by atoms with Gasteiger partial charge in [0.2, 0.25) is 0 Å². The quantitative estimate of drug-likeness (QED) is 0.662. The molecule has 0 amide bonds. The third kappa shape index (κ3) is 2.60. The van der Waals surface area contributed by atoms with Gasteiger partial charge in [0.25, 0.3) is 0 Å². The first-order chi connectivity index (χ1) is 9.60. The van der Waals surface area contributed by atoms with Crippen LogP contribution in [0, 0.1) is 12.8 Å². The highest BCUT2D eigenvalue weighted by Gasteiger charge is 2.34. The van der Waals surface area contributed by atoms with Crippen LogP contribution in [-0.4, -0.2) is 25.7 Å². The number of carbonyl (C=O) groups excluding carboxylic acids is 1. The molecular weight excluding hydrogens is 252 g/mol. The minimum atomic E-state index is -0.352. The van der Waals surface area contributed by atoms with Gasteiger partial charge >= 0.3 is 5.97 Å². The van der Waals surface area contributed by atoms with Crippen LogP contribution in [0.25, 0.3) is 0 Å². The molecule has 0 unspecified atom stereocenters. The first-order valence-corrected chi connectivity index (χ1v) is 7.35. The standard InChI is InChI=1S/C16H22N2O2/c1-10-7-13(8-14(15(10)17)16(19)20-2)18(12-5-6-12)9-11-3-4-11/h7-8,11-12H,3-6,9,17H2,1-2H3. The minimum Gasteiger partial charge on any atom is -0.465 e. The summed E-state index contributed by atoms with van der Waals surface area (Å²) in [6.07, 6.45) is 5.18. The second-order valence-corrected chi connectivity index (χ2v) is 6.04. The molecule has 0 heterocycles. The predicted octanol–water partition coefficient (Wildman–Crippen LogP) is 2.74. The maximum Gasteiger partial charge on any atom is 0.340 e. The Hall–Kier alpha value is -1.71. The average Bonchev–Trinajstić information content (AvgIpc) is 3.30. The molecule has 0 spiro atoms. The number of methoxy groups -OCH3 is 1. The summed E-state index contributed by atoms with van der Waals surface area (Å²) in [6.45, 7) is 3.06. The Morgan fingerprint density at radius 3 is 2.60 bits per heavy atom. The molecule has 1 aromatic rings. The fraction of sp³-hybridized carbons (Fsp3) is 0.562. The molecule has 0 bridgehead atoms. The van der Waals surface area contributed by atoms with E-state index >= 15 is 0 Å². The van der Waals surface area contributed by atoms with Crippen molar-refractivity contribution < 1.29 is 9.53 Å². The zero-order valence-electron chi connectivity index (χ0n) is 12.2. The van der Waals surface area contributed by atoms with Gasteiger partial charge in [0.15, 0.2) is 0 Å². The van der Waals surface area contributed by atoms with Crippen LogP contribution in [0.5, 0.6) is 0 Å². The smallest absolute Gasteiger partial charge is 0.340 e. The van der Waals surface area contributed by atoms with E-state index in [9.17, 15) is 4.79 Å². The Labute approximate surface area is 119 Å². The van der Waals surface area contributed by atoms with Crippen molar-refractivity contribution in [2.24, 2.45) is 5.92 Å². The van der Waals surface area contributed by atoms with E-state index in [1.807, 2.05) is 13.0 Å². The van der Waals surface area contributed by atoms with E-state index in [1.54, 1.807) is 0 Å². The number of carbonyl (C=O) groups is 1. The van der Waals surface area contributed by atoms with Gasteiger partial charge in [0.1, 0.15) is 0 Å². The van der Waals surface area contributed by atoms with Crippen LogP contribution >= 0.6 is 0 Å². The van der Waals surface area contributed by atoms with Gasteiger partial charge in [0.05, 0.1) is 12.7 Å². The number of aryl methyl sites for hydroxylation is 1. The second-order valence-electron chi connectivity index (χ2n) is 6.04. The van der Waals surface area contributed by atoms with Crippen molar-refractivity contribution in [1.82, 2.24) is 0 Å². The Balaban J connectivity index is 1.94. The third-order valence-electron chi connectivity index (χ3n) is 4.25. The van der Waals surface area contributed by atoms with Gasteiger partial charge in [0, 0.05) is 24.0 Å². The van der Waals surface area contributed by atoms with Crippen LogP contribution in [0.3, 0.4) is 0 Å². The molecule has 1 aromatic carbocycles. The highest BCUT2D eigenvalue weighted by atomic mass is 16.5. The van der Waals surface area contributed by atoms with Crippen molar-refractivity contribution in [3.05, 3.63) is 23.3 Å². The Kier molecular flexibility index (Phi) is 3.32. The number of anilines is 2. The number of nitrogens with two attached hydrogens (primary N) is 1. The molecule has 2 N–H and O–H groups in total. The first kappa shape index (κ1) is 13.3. The molecule has 2 saturated carbocycles. The van der Waals surface area contributed by atoms with E-state index in [0.717, 1.165) is 23.7 Å². The number of hydrogen-bond donors (Lipinski definition) is 1. The summed E-state index contributed by atoms with van der Waals surface area (Å²) in [5.74, 6) is 0.477. The molecule has 2 aliphatic rings. The highest BCUT2D eigenvalue weighted by molar-refractivity contribution is 5.97. The lowest BCUT2D eigenvalue weighted by molar-refractivity contribution is 0.0602. The monoisotopic (exact) mass is 274 g/mol. The topological polar surface area (TPSA) is 55.6 Å². The van der Waals surface area contributed by atoms with Gasteiger partial charge in [-0.25, -0.2) is 4.79 Å². The molecule has 2 fully saturated rings. The molecule has 4 nitrogen and oxygen atoms in total. The van der Waals surface area contributed by atoms with E-state index in [-0.39, 0.29) is 5.97 Å². The van der Waals surface area contributed by atoms with E-state index in [4.69, 9.17) is 10.5 Å². The molecule has 0 aromatic heterocycles. The number of nitrogen functional groups attached to an aromatic ring is 1. The number of esters is 1. The maximum atomic E-state index is 11.9. The average molecular weight is 274 g/mol. The molecule has 0 radical (unpaired) electrons. The zero-order chi connectivity index (χ0) is 14.3. The van der Waals surface area contributed by atoms with Crippen LogP contribution in [-0.2, 0) is 4.74 Å². The fourth-order valence-electron chi connectivity index (χ4n) is 2.65. The lowest BCUT2D eigenvalue weighted by atomic mass is 10.1. The summed E-state index contributed by atoms with van der Waals surface area (Å²) in [7, 11) is 1.40. The number of hydrogen-bond acceptors (Lipinski definition) is 4. The van der Waals surface area contributed by atoms with Gasteiger partial charge < -0.3 is 15.4 Å². The second kappa shape index (κ2) is 5.00. The number of rotatable bonds is 5. The normalized spacial score (nSPS) is 17.9. The summed E-state index contributed by atoms with van der Waals surface area (Å²) in [6, 6.07) is 4.64. The van der Waals surface area contributed by atoms with E-state index in [1.165, 1.54) is 32.8 Å². The predicted molar refractivity (Wildman–Crippen MR) is 80.0 cm³/mol. The van der Waals surface area contributed by atoms with Crippen LogP contribution < -0.4 is 10.6 Å². The van der Waals surface area contributed by atoms with Crippen molar-refractivity contribution in [3.8, 4) is 0 Å². The zero-order valence-corrected chi connectivity index (χ0v) is 12.2. The lowest BCUT2D eigenvalue weighted by Crippen LogP contribution is -2.28. The molecule has 0 aliphatic heterocycles. The highest BCUT2D eigenvalue weighted by Crippen LogP contribution is 2.39. The minimum absolute atomic E-state index is 0.352. The molecule has 2 aliphatic carbocycles. The van der Waals surface area contributed by atoms with Gasteiger partial charge in [-0.1, -0.05) is 0 Å². The number of nitrogens with zero attached hydrogens (tertiary/aromatic N) is 1. The van der Waals surface area contributed by atoms with Gasteiger partial charge in [-0.3, -0.25) is 0 Å². The summed E-state index contributed by atoms with van der Waals surface area (Å²) in [5, 5.41) is 0. The van der Waals surface area contributed by atoms with Crippen molar-refractivity contribution in [1.29, 1.82) is 0 Å². The molecule has 20 heavy (non-hydrogen) atoms. The first-order valence-electron chi connectivity index (χ1n) is 7.35. The van der Waals surface area contributed by atoms with E-state index < -0.39 is 0 Å². The lowest BCUT2D eigenvalue weighted by Gasteiger charge is -2.26. The van der Waals surface area contributed by atoms with Crippen LogP contribution in [0.2, 0.25) is 0 Å². The fourth-order valence-corrected chi connectivity index (χ4v) is 2.65.